The van der Waals surface area contributed by atoms with Gasteiger partial charge in [0.1, 0.15) is 11.4 Å². The van der Waals surface area contributed by atoms with Crippen LogP contribution >= 0.6 is 0 Å². The molecular weight excluding hydrogens is 394 g/mol. The number of halogens is 2. The zero-order valence-corrected chi connectivity index (χ0v) is 18.1. The summed E-state index contributed by atoms with van der Waals surface area (Å²) in [7, 11) is 0. The van der Waals surface area contributed by atoms with Gasteiger partial charge in [0.15, 0.2) is 0 Å². The smallest absolute Gasteiger partial charge is 0.410 e. The monoisotopic (exact) mass is 426 g/mol. The molecule has 0 bridgehead atoms. The third-order valence-electron chi connectivity index (χ3n) is 5.12. The Bertz CT molecular complexity index is 713. The van der Waals surface area contributed by atoms with E-state index in [-0.39, 0.29) is 30.2 Å². The van der Waals surface area contributed by atoms with Crippen LogP contribution in [0.4, 0.5) is 13.6 Å². The Labute approximate surface area is 176 Å². The molecule has 1 heterocycles. The molecule has 0 aromatic heterocycles. The minimum atomic E-state index is -2.88. The topological polar surface area (TPSA) is 67.9 Å². The Morgan fingerprint density at radius 2 is 1.90 bits per heavy atom. The minimum absolute atomic E-state index is 0.0712. The number of carbonyl (C=O) groups is 2. The highest BCUT2D eigenvalue weighted by Gasteiger charge is 2.29. The molecule has 30 heavy (non-hydrogen) atoms. The van der Waals surface area contributed by atoms with Crippen molar-refractivity contribution >= 4 is 12.0 Å². The van der Waals surface area contributed by atoms with Gasteiger partial charge in [0.05, 0.1) is 0 Å². The number of piperidine rings is 1. The van der Waals surface area contributed by atoms with Gasteiger partial charge in [-0.3, -0.25) is 4.79 Å². The standard InChI is InChI=1S/C22H32F2N2O4/c1-15(17-8-10-26(11-9-17)21(28)30-22(2,3)4)12-19(27)25-14-16-6-5-7-18(13-16)29-20(23)24/h5-7,13,15,17,20H,8-12,14H2,1-4H3,(H,25,27)/t15-/m1/s1. The van der Waals surface area contributed by atoms with Crippen LogP contribution in [-0.2, 0) is 16.1 Å². The second kappa shape index (κ2) is 10.6. The first-order chi connectivity index (χ1) is 14.0. The number of benzene rings is 1. The van der Waals surface area contributed by atoms with E-state index in [0.29, 0.717) is 31.0 Å². The molecule has 0 aliphatic carbocycles. The maximum atomic E-state index is 12.3. The van der Waals surface area contributed by atoms with Gasteiger partial charge < -0.3 is 19.7 Å². The van der Waals surface area contributed by atoms with Gasteiger partial charge >= 0.3 is 12.7 Å². The maximum absolute atomic E-state index is 12.3. The third kappa shape index (κ3) is 8.16. The molecule has 1 N–H and O–H groups in total. The van der Waals surface area contributed by atoms with Crippen LogP contribution in [0.2, 0.25) is 0 Å². The molecule has 1 atom stereocenters. The highest BCUT2D eigenvalue weighted by molar-refractivity contribution is 5.76. The van der Waals surface area contributed by atoms with Crippen molar-refractivity contribution in [1.29, 1.82) is 0 Å². The molecule has 1 aromatic rings. The quantitative estimate of drug-likeness (QED) is 0.693. The lowest BCUT2D eigenvalue weighted by atomic mass is 9.83. The number of hydrogen-bond donors (Lipinski definition) is 1. The van der Waals surface area contributed by atoms with Crippen molar-refractivity contribution in [3.05, 3.63) is 29.8 Å². The van der Waals surface area contributed by atoms with Crippen LogP contribution in [0.25, 0.3) is 0 Å². The molecule has 0 unspecified atom stereocenters. The summed E-state index contributed by atoms with van der Waals surface area (Å²) in [5, 5.41) is 2.84. The van der Waals surface area contributed by atoms with Crippen LogP contribution in [0.5, 0.6) is 5.75 Å². The number of nitrogens with one attached hydrogen (secondary N) is 1. The van der Waals surface area contributed by atoms with Gasteiger partial charge in [0, 0.05) is 26.1 Å². The molecular formula is C22H32F2N2O4. The number of likely N-dealkylation sites (tertiary alicyclic amines) is 1. The molecule has 168 valence electrons. The number of nitrogens with zero attached hydrogens (tertiary/aromatic N) is 1. The molecule has 1 fully saturated rings. The predicted molar refractivity (Wildman–Crippen MR) is 109 cm³/mol. The summed E-state index contributed by atoms with van der Waals surface area (Å²) in [4.78, 5) is 26.2. The van der Waals surface area contributed by atoms with Crippen LogP contribution in [0.1, 0.15) is 52.5 Å². The largest absolute Gasteiger partial charge is 0.444 e. The Morgan fingerprint density at radius 1 is 1.23 bits per heavy atom. The molecule has 0 spiro atoms. The van der Waals surface area contributed by atoms with E-state index in [2.05, 4.69) is 10.1 Å². The zero-order valence-electron chi connectivity index (χ0n) is 18.1. The van der Waals surface area contributed by atoms with Crippen molar-refractivity contribution < 1.29 is 27.8 Å². The van der Waals surface area contributed by atoms with E-state index >= 15 is 0 Å². The Hall–Kier alpha value is -2.38. The fourth-order valence-corrected chi connectivity index (χ4v) is 3.54. The number of alkyl halides is 2. The van der Waals surface area contributed by atoms with Crippen LogP contribution in [0.3, 0.4) is 0 Å². The molecule has 1 aliphatic heterocycles. The van der Waals surface area contributed by atoms with E-state index in [1.165, 1.54) is 12.1 Å². The van der Waals surface area contributed by atoms with Gasteiger partial charge in [-0.2, -0.15) is 8.78 Å². The van der Waals surface area contributed by atoms with Crippen LogP contribution in [-0.4, -0.2) is 42.2 Å². The molecule has 2 rings (SSSR count). The minimum Gasteiger partial charge on any atom is -0.444 e. The van der Waals surface area contributed by atoms with Gasteiger partial charge in [-0.1, -0.05) is 19.1 Å². The summed E-state index contributed by atoms with van der Waals surface area (Å²) < 4.78 is 34.4. The van der Waals surface area contributed by atoms with Crippen LogP contribution in [0, 0.1) is 11.8 Å². The summed E-state index contributed by atoms with van der Waals surface area (Å²) in [6.45, 7) is 6.22. The summed E-state index contributed by atoms with van der Waals surface area (Å²) in [6.07, 6.45) is 1.76. The van der Waals surface area contributed by atoms with Crippen molar-refractivity contribution in [1.82, 2.24) is 10.2 Å². The maximum Gasteiger partial charge on any atom is 0.410 e. The first-order valence-electron chi connectivity index (χ1n) is 10.3. The lowest BCUT2D eigenvalue weighted by Crippen LogP contribution is -2.43. The molecule has 1 aromatic carbocycles. The molecule has 0 radical (unpaired) electrons. The van der Waals surface area contributed by atoms with Crippen molar-refractivity contribution in [3.63, 3.8) is 0 Å². The summed E-state index contributed by atoms with van der Waals surface area (Å²) in [5.74, 6) is 0.524. The van der Waals surface area contributed by atoms with E-state index in [0.717, 1.165) is 12.8 Å². The Balaban J connectivity index is 1.74. The highest BCUT2D eigenvalue weighted by atomic mass is 19.3. The van der Waals surface area contributed by atoms with E-state index in [1.54, 1.807) is 17.0 Å². The summed E-state index contributed by atoms with van der Waals surface area (Å²) in [5.41, 5.74) is 0.185. The molecule has 1 saturated heterocycles. The van der Waals surface area contributed by atoms with Gasteiger partial charge in [-0.15, -0.1) is 0 Å². The molecule has 6 nitrogen and oxygen atoms in total. The van der Waals surface area contributed by atoms with E-state index < -0.39 is 12.2 Å². The number of amides is 2. The van der Waals surface area contributed by atoms with E-state index in [1.807, 2.05) is 27.7 Å². The molecule has 8 heteroatoms. The molecule has 0 saturated carbocycles. The SMILES string of the molecule is C[C@H](CC(=O)NCc1cccc(OC(F)F)c1)C1CCN(C(=O)OC(C)(C)C)CC1. The number of carbonyl (C=O) groups excluding carboxylic acids is 2. The number of rotatable bonds is 7. The average Bonchev–Trinajstić information content (AvgIpc) is 2.65. The van der Waals surface area contributed by atoms with Gasteiger partial charge in [0.2, 0.25) is 5.91 Å². The fourth-order valence-electron chi connectivity index (χ4n) is 3.54. The fraction of sp³-hybridized carbons (Fsp3) is 0.636. The van der Waals surface area contributed by atoms with Crippen LogP contribution < -0.4 is 10.1 Å². The summed E-state index contributed by atoms with van der Waals surface area (Å²) >= 11 is 0. The van der Waals surface area contributed by atoms with Crippen molar-refractivity contribution in [2.45, 2.75) is 65.7 Å². The van der Waals surface area contributed by atoms with E-state index in [9.17, 15) is 18.4 Å². The molecule has 2 amide bonds. The van der Waals surface area contributed by atoms with Gasteiger partial charge in [-0.05, 0) is 63.1 Å². The first-order valence-corrected chi connectivity index (χ1v) is 10.3. The van der Waals surface area contributed by atoms with Crippen molar-refractivity contribution in [2.24, 2.45) is 11.8 Å². The lowest BCUT2D eigenvalue weighted by Gasteiger charge is -2.35. The highest BCUT2D eigenvalue weighted by Crippen LogP contribution is 2.28. The van der Waals surface area contributed by atoms with Gasteiger partial charge in [-0.25, -0.2) is 4.79 Å². The van der Waals surface area contributed by atoms with Crippen LogP contribution in [0.15, 0.2) is 24.3 Å². The van der Waals surface area contributed by atoms with E-state index in [4.69, 9.17) is 4.74 Å². The zero-order chi connectivity index (χ0) is 22.3. The summed E-state index contributed by atoms with van der Waals surface area (Å²) in [6, 6.07) is 6.29. The average molecular weight is 427 g/mol. The Kier molecular flexibility index (Phi) is 8.43. The normalized spacial score (nSPS) is 16.3. The van der Waals surface area contributed by atoms with Gasteiger partial charge in [0.25, 0.3) is 0 Å². The number of hydrogen-bond acceptors (Lipinski definition) is 4. The van der Waals surface area contributed by atoms with Crippen molar-refractivity contribution in [3.8, 4) is 5.75 Å². The second-order valence-electron chi connectivity index (χ2n) is 8.79. The molecule has 1 aliphatic rings. The second-order valence-corrected chi connectivity index (χ2v) is 8.79. The van der Waals surface area contributed by atoms with Crippen molar-refractivity contribution in [2.75, 3.05) is 13.1 Å². The predicted octanol–water partition coefficient (Wildman–Crippen LogP) is 4.58. The Morgan fingerprint density at radius 3 is 2.50 bits per heavy atom. The lowest BCUT2D eigenvalue weighted by molar-refractivity contribution is -0.122. The number of ether oxygens (including phenoxy) is 2. The first kappa shape index (κ1) is 23.9. The third-order valence-corrected chi connectivity index (χ3v) is 5.12.